The number of unbranched alkanes of at least 4 members (excludes halogenated alkanes) is 2. The number of aliphatic carboxylic acids is 1. The van der Waals surface area contributed by atoms with Crippen molar-refractivity contribution in [3.63, 3.8) is 0 Å². The number of nitriles is 1. The van der Waals surface area contributed by atoms with Crippen LogP contribution in [0.1, 0.15) is 116 Å². The van der Waals surface area contributed by atoms with Gasteiger partial charge in [-0.1, -0.05) is 46.5 Å². The van der Waals surface area contributed by atoms with Gasteiger partial charge in [0, 0.05) is 35.7 Å². The Bertz CT molecular complexity index is 1640. The first-order chi connectivity index (χ1) is 23.6. The average Bonchev–Trinajstić information content (AvgIpc) is 3.36. The van der Waals surface area contributed by atoms with Crippen molar-refractivity contribution in [2.75, 3.05) is 11.5 Å². The third kappa shape index (κ3) is 18.3. The Morgan fingerprint density at radius 1 is 0.963 bits per heavy atom. The molecule has 0 spiro atoms. The van der Waals surface area contributed by atoms with Crippen molar-refractivity contribution in [1.82, 2.24) is 15.1 Å². The van der Waals surface area contributed by atoms with Crippen LogP contribution in [0.2, 0.25) is 0 Å². The molecule has 2 saturated carbocycles. The van der Waals surface area contributed by atoms with E-state index in [0.29, 0.717) is 50.6 Å². The summed E-state index contributed by atoms with van der Waals surface area (Å²) in [4.78, 5) is 24.0. The van der Waals surface area contributed by atoms with E-state index in [0.717, 1.165) is 0 Å². The van der Waals surface area contributed by atoms with Crippen LogP contribution >= 0.6 is 23.2 Å². The molecule has 1 aromatic heterocycles. The number of amides is 1. The number of nitrogens with zero attached hydrogens (tertiary/aromatic N) is 5. The maximum absolute atomic E-state index is 12.4. The molecule has 288 valence electrons. The molecule has 1 aromatic rings. The van der Waals surface area contributed by atoms with E-state index in [1.165, 1.54) is 11.6 Å². The summed E-state index contributed by atoms with van der Waals surface area (Å²) in [6, 6.07) is 0.501. The Kier molecular flexibility index (Phi) is 26.7. The smallest absolute Gasteiger partial charge is 0.748 e. The summed E-state index contributed by atoms with van der Waals surface area (Å²) in [5.41, 5.74) is 0.0211. The normalized spacial score (nSPS) is 24.9. The van der Waals surface area contributed by atoms with Gasteiger partial charge in [0.15, 0.2) is 5.82 Å². The molecular weight excluding hydrogens is 865 g/mol. The van der Waals surface area contributed by atoms with Gasteiger partial charge in [-0.25, -0.2) is 21.5 Å². The van der Waals surface area contributed by atoms with Gasteiger partial charge in [-0.05, 0) is 56.8 Å². The van der Waals surface area contributed by atoms with Gasteiger partial charge in [0.25, 0.3) is 0 Å². The number of carboxylic acid groups (broad SMARTS) is 1. The van der Waals surface area contributed by atoms with Crippen molar-refractivity contribution in [2.24, 2.45) is 28.0 Å². The van der Waals surface area contributed by atoms with Crippen LogP contribution in [-0.2, 0) is 35.2 Å². The summed E-state index contributed by atoms with van der Waals surface area (Å²) in [5.74, 6) is -3.20. The van der Waals surface area contributed by atoms with Crippen LogP contribution < -0.4 is 165 Å². The molecule has 1 amide bonds. The number of carboxylic acids is 1. The minimum absolute atomic E-state index is 0. The largest absolute Gasteiger partial charge is 1.00 e. The summed E-state index contributed by atoms with van der Waals surface area (Å²) in [7, 11) is -8.73. The van der Waals surface area contributed by atoms with E-state index in [9.17, 15) is 45.9 Å². The molecule has 2 aliphatic rings. The molecule has 1 N–H and O–H groups in total. The molecular formula is C32H47Cl2K3N6O9S2. The van der Waals surface area contributed by atoms with Crippen molar-refractivity contribution >= 4 is 61.1 Å². The second-order valence-electron chi connectivity index (χ2n) is 14.8. The molecule has 22 heteroatoms. The van der Waals surface area contributed by atoms with E-state index >= 15 is 0 Å². The number of azo groups is 1. The molecule has 3 rings (SSSR count). The van der Waals surface area contributed by atoms with E-state index in [4.69, 9.17) is 28.3 Å². The van der Waals surface area contributed by atoms with Gasteiger partial charge in [-0.15, -0.1) is 28.3 Å². The molecule has 15 nitrogen and oxygen atoms in total. The molecule has 2 fully saturated rings. The standard InChI is InChI=1S/C32H50Cl2N6O9S2.3K/c1-19(41)36-27-17-21(20(9-5-7-13-50(44,45)46)10-6-8-14-51(47,48)49)11-12-26(27)37-38-30-23(18-35)29(32(2,3)4)39-40(30)28-24(33)15-22(31(42)43)16-25(28)34;;;/h20-22,24-28H,5-17H2,1-4H3,(H,36,41)(H,42,43)(H,44,45,46)(H,47,48,49);;;/q;3*+1/p-3. The van der Waals surface area contributed by atoms with Crippen LogP contribution in [0.25, 0.3) is 0 Å². The van der Waals surface area contributed by atoms with Gasteiger partial charge in [-0.2, -0.15) is 15.5 Å². The Hall–Kier alpha value is 2.55. The third-order valence-corrected chi connectivity index (χ3v) is 12.2. The topological polar surface area (TPSA) is 250 Å². The fourth-order valence-electron chi connectivity index (χ4n) is 7.29. The minimum Gasteiger partial charge on any atom is -0.748 e. The van der Waals surface area contributed by atoms with Crippen LogP contribution in [0.4, 0.5) is 5.82 Å². The molecule has 0 bridgehead atoms. The number of alkyl halides is 2. The van der Waals surface area contributed by atoms with Crippen LogP contribution in [-0.4, -0.2) is 81.9 Å². The summed E-state index contributed by atoms with van der Waals surface area (Å²) >= 11 is 13.4. The quantitative estimate of drug-likeness (QED) is 0.0540. The first-order valence-corrected chi connectivity index (χ1v) is 21.2. The number of nitrogens with one attached hydrogen (secondary N) is 1. The van der Waals surface area contributed by atoms with Crippen LogP contribution in [0.3, 0.4) is 0 Å². The number of halogens is 2. The summed E-state index contributed by atoms with van der Waals surface area (Å²) in [6.07, 6.45) is 4.19. The Balaban J connectivity index is 0.00000936. The number of carbonyl (C=O) groups is 2. The second-order valence-corrected chi connectivity index (χ2v) is 19.0. The van der Waals surface area contributed by atoms with Crippen molar-refractivity contribution in [3.05, 3.63) is 11.3 Å². The van der Waals surface area contributed by atoms with Gasteiger partial charge in [0.2, 0.25) is 5.91 Å². The van der Waals surface area contributed by atoms with Crippen molar-refractivity contribution in [3.8, 4) is 6.07 Å². The number of hydrogen-bond acceptors (Lipinski definition) is 13. The maximum Gasteiger partial charge on any atom is 1.00 e. The van der Waals surface area contributed by atoms with Crippen LogP contribution in [0.15, 0.2) is 10.2 Å². The van der Waals surface area contributed by atoms with Crippen molar-refractivity contribution in [1.29, 1.82) is 5.26 Å². The first kappa shape index (κ1) is 56.5. The average molecular weight is 912 g/mol. The van der Waals surface area contributed by atoms with E-state index in [-0.39, 0.29) is 209 Å². The van der Waals surface area contributed by atoms with Crippen molar-refractivity contribution < 1.29 is 195 Å². The zero-order valence-electron chi connectivity index (χ0n) is 32.3. The Morgan fingerprint density at radius 3 is 1.91 bits per heavy atom. The number of carbonyl (C=O) groups excluding carboxylic acids is 2. The summed E-state index contributed by atoms with van der Waals surface area (Å²) < 4.78 is 68.3. The molecule has 0 aliphatic heterocycles. The predicted octanol–water partition coefficient (Wildman–Crippen LogP) is -5.22. The summed E-state index contributed by atoms with van der Waals surface area (Å²) in [5, 5.41) is 37.3. The van der Waals surface area contributed by atoms with E-state index < -0.39 is 77.9 Å². The summed E-state index contributed by atoms with van der Waals surface area (Å²) in [6.45, 7) is 7.03. The molecule has 0 aromatic carbocycles. The molecule has 0 saturated heterocycles. The fourth-order valence-corrected chi connectivity index (χ4v) is 9.47. The zero-order chi connectivity index (χ0) is 38.3. The number of hydrogen-bond donors (Lipinski definition) is 1. The van der Waals surface area contributed by atoms with Gasteiger partial charge in [0.05, 0.1) is 54.8 Å². The third-order valence-electron chi connectivity index (χ3n) is 9.73. The Morgan fingerprint density at radius 2 is 1.48 bits per heavy atom. The second kappa shape index (κ2) is 25.5. The van der Waals surface area contributed by atoms with E-state index in [2.05, 4.69) is 21.6 Å². The van der Waals surface area contributed by atoms with Crippen LogP contribution in [0, 0.1) is 29.1 Å². The molecule has 54 heavy (non-hydrogen) atoms. The molecule has 5 atom stereocenters. The van der Waals surface area contributed by atoms with E-state index in [1.54, 1.807) is 0 Å². The predicted molar refractivity (Wildman–Crippen MR) is 185 cm³/mol. The maximum atomic E-state index is 12.4. The van der Waals surface area contributed by atoms with Crippen molar-refractivity contribution in [2.45, 2.75) is 133 Å². The van der Waals surface area contributed by atoms with Gasteiger partial charge < -0.3 is 24.3 Å². The first-order valence-electron chi connectivity index (χ1n) is 17.2. The number of aromatic nitrogens is 2. The monoisotopic (exact) mass is 910 g/mol. The zero-order valence-corrected chi connectivity index (χ0v) is 44.8. The van der Waals surface area contributed by atoms with Gasteiger partial charge in [0.1, 0.15) is 11.6 Å². The SMILES string of the molecule is CC(=O)NC1CC(C(CCCCS(=O)(=O)[O-])CCCCS(=O)(=O)[O-])CCC1N=Nc1c(C#N)c(C(C)(C)C)nn1C1C(Cl)CC(C(=O)[O-])CC1Cl.[K+].[K+].[K+]. The van der Waals surface area contributed by atoms with Crippen LogP contribution in [0.5, 0.6) is 0 Å². The molecule has 2 aliphatic carbocycles. The molecule has 5 unspecified atom stereocenters. The molecule has 1 heterocycles. The minimum atomic E-state index is -4.37. The van der Waals surface area contributed by atoms with Gasteiger partial charge in [-0.3, -0.25) is 4.79 Å². The Labute approximate surface area is 457 Å². The number of rotatable bonds is 16. The molecule has 0 radical (unpaired) electrons. The fraction of sp³-hybridized carbons (Fsp3) is 0.812. The van der Waals surface area contributed by atoms with Gasteiger partial charge >= 0.3 is 154 Å². The van der Waals surface area contributed by atoms with E-state index in [1.807, 2.05) is 20.8 Å².